The Morgan fingerprint density at radius 3 is 2.54 bits per heavy atom. The molecule has 0 unspecified atom stereocenters. The molecule has 0 saturated carbocycles. The number of aryl methyl sites for hydroxylation is 3. The first-order valence-corrected chi connectivity index (χ1v) is 8.48. The van der Waals surface area contributed by atoms with Crippen molar-refractivity contribution in [2.45, 2.75) is 33.6 Å². The number of Topliss-reactive ketones (excluding diaryl/α,β-unsaturated/α-hetero) is 1. The molecule has 3 aromatic rings. The van der Waals surface area contributed by atoms with Crippen molar-refractivity contribution in [3.05, 3.63) is 58.7 Å². The number of ketones is 1. The molecule has 134 valence electrons. The van der Waals surface area contributed by atoms with Gasteiger partial charge >= 0.3 is 5.97 Å². The van der Waals surface area contributed by atoms with Crippen molar-refractivity contribution in [2.24, 2.45) is 0 Å². The first-order chi connectivity index (χ1) is 12.5. The lowest BCUT2D eigenvalue weighted by Crippen LogP contribution is -2.15. The zero-order valence-corrected chi connectivity index (χ0v) is 15.0. The molecule has 0 radical (unpaired) electrons. The van der Waals surface area contributed by atoms with E-state index in [1.807, 2.05) is 32.0 Å². The van der Waals surface area contributed by atoms with Gasteiger partial charge in [0.1, 0.15) is 0 Å². The van der Waals surface area contributed by atoms with Gasteiger partial charge in [-0.25, -0.2) is 14.3 Å². The van der Waals surface area contributed by atoms with Crippen LogP contribution in [0.1, 0.15) is 51.3 Å². The molecular formula is C19H20N4O3. The largest absolute Gasteiger partial charge is 0.451 e. The van der Waals surface area contributed by atoms with E-state index >= 15 is 0 Å². The van der Waals surface area contributed by atoms with E-state index in [2.05, 4.69) is 22.0 Å². The van der Waals surface area contributed by atoms with Gasteiger partial charge < -0.3 is 4.74 Å². The second kappa shape index (κ2) is 7.43. The van der Waals surface area contributed by atoms with Gasteiger partial charge in [0, 0.05) is 17.0 Å². The molecule has 2 heterocycles. The van der Waals surface area contributed by atoms with Gasteiger partial charge in [-0.05, 0) is 31.9 Å². The number of aromatic nitrogens is 4. The number of esters is 1. The number of benzene rings is 1. The molecule has 2 aromatic heterocycles. The van der Waals surface area contributed by atoms with Crippen LogP contribution in [-0.4, -0.2) is 37.9 Å². The Kier molecular flexibility index (Phi) is 5.06. The summed E-state index contributed by atoms with van der Waals surface area (Å²) in [7, 11) is 0. The van der Waals surface area contributed by atoms with Crippen molar-refractivity contribution in [3.8, 4) is 0 Å². The van der Waals surface area contributed by atoms with E-state index in [0.29, 0.717) is 11.3 Å². The fourth-order valence-corrected chi connectivity index (χ4v) is 2.68. The molecule has 7 heteroatoms. The van der Waals surface area contributed by atoms with Crippen molar-refractivity contribution in [2.75, 3.05) is 6.61 Å². The van der Waals surface area contributed by atoms with Gasteiger partial charge in [-0.3, -0.25) is 4.79 Å². The van der Waals surface area contributed by atoms with Gasteiger partial charge in [0.25, 0.3) is 11.6 Å². The summed E-state index contributed by atoms with van der Waals surface area (Å²) in [5.74, 6) is -0.802. The summed E-state index contributed by atoms with van der Waals surface area (Å²) in [4.78, 5) is 32.6. The molecule has 0 N–H and O–H groups in total. The number of carbonyl (C=O) groups excluding carboxylic acids is 2. The topological polar surface area (TPSA) is 86.5 Å². The Labute approximate surface area is 151 Å². The summed E-state index contributed by atoms with van der Waals surface area (Å²) >= 11 is 0. The number of ether oxygens (including phenoxy) is 1. The smallest absolute Gasteiger partial charge is 0.378 e. The monoisotopic (exact) mass is 352 g/mol. The summed E-state index contributed by atoms with van der Waals surface area (Å²) in [5, 5.41) is 4.09. The lowest BCUT2D eigenvalue weighted by molar-refractivity contribution is 0.0463. The molecule has 0 atom stereocenters. The van der Waals surface area contributed by atoms with E-state index in [0.717, 1.165) is 24.2 Å². The predicted octanol–water partition coefficient (Wildman–Crippen LogP) is 2.73. The van der Waals surface area contributed by atoms with Crippen LogP contribution in [0.5, 0.6) is 0 Å². The molecule has 0 amide bonds. The highest BCUT2D eigenvalue weighted by atomic mass is 16.5. The average molecular weight is 352 g/mol. The zero-order valence-electron chi connectivity index (χ0n) is 15.0. The Hall–Kier alpha value is -3.09. The molecule has 0 spiro atoms. The fourth-order valence-electron chi connectivity index (χ4n) is 2.68. The molecule has 1 aromatic carbocycles. The Morgan fingerprint density at radius 2 is 1.85 bits per heavy atom. The van der Waals surface area contributed by atoms with Gasteiger partial charge in [0.05, 0.1) is 0 Å². The molecular weight excluding hydrogens is 332 g/mol. The van der Waals surface area contributed by atoms with E-state index in [1.165, 1.54) is 10.1 Å². The molecule has 26 heavy (non-hydrogen) atoms. The molecule has 0 aliphatic heterocycles. The summed E-state index contributed by atoms with van der Waals surface area (Å²) < 4.78 is 6.54. The number of hydrogen-bond donors (Lipinski definition) is 0. The molecule has 0 aliphatic carbocycles. The summed E-state index contributed by atoms with van der Waals surface area (Å²) in [6.07, 6.45) is 2.01. The standard InChI is InChI=1S/C19H20N4O3/c1-4-5-14-6-8-15(9-7-14)16(24)11-26-18(25)17-21-19-20-12(2)10-13(3)23(19)22-17/h6-10H,4-5,11H2,1-3H3. The number of fused-ring (bicyclic) bond motifs is 1. The lowest BCUT2D eigenvalue weighted by Gasteiger charge is -2.03. The Balaban J connectivity index is 1.66. The molecule has 0 aliphatic rings. The number of hydrogen-bond acceptors (Lipinski definition) is 6. The SMILES string of the molecule is CCCc1ccc(C(=O)COC(=O)c2nc3nc(C)cc(C)n3n2)cc1. The van der Waals surface area contributed by atoms with Crippen molar-refractivity contribution in [3.63, 3.8) is 0 Å². The van der Waals surface area contributed by atoms with Crippen LogP contribution in [0.4, 0.5) is 0 Å². The van der Waals surface area contributed by atoms with Crippen molar-refractivity contribution in [1.29, 1.82) is 0 Å². The van der Waals surface area contributed by atoms with Crippen LogP contribution in [0.2, 0.25) is 0 Å². The predicted molar refractivity (Wildman–Crippen MR) is 95.3 cm³/mol. The third-order valence-electron chi connectivity index (χ3n) is 3.95. The molecule has 3 rings (SSSR count). The Morgan fingerprint density at radius 1 is 1.12 bits per heavy atom. The fraction of sp³-hybridized carbons (Fsp3) is 0.316. The second-order valence-corrected chi connectivity index (χ2v) is 6.13. The average Bonchev–Trinajstić information content (AvgIpc) is 3.05. The van der Waals surface area contributed by atoms with Crippen LogP contribution in [0.3, 0.4) is 0 Å². The van der Waals surface area contributed by atoms with Crippen molar-refractivity contribution < 1.29 is 14.3 Å². The summed E-state index contributed by atoms with van der Waals surface area (Å²) in [6.45, 7) is 5.43. The summed E-state index contributed by atoms with van der Waals surface area (Å²) in [6, 6.07) is 9.17. The van der Waals surface area contributed by atoms with E-state index in [-0.39, 0.29) is 18.2 Å². The zero-order chi connectivity index (χ0) is 18.7. The highest BCUT2D eigenvalue weighted by Gasteiger charge is 2.18. The van der Waals surface area contributed by atoms with E-state index < -0.39 is 5.97 Å². The maximum Gasteiger partial charge on any atom is 0.378 e. The van der Waals surface area contributed by atoms with Gasteiger partial charge in [-0.15, -0.1) is 5.10 Å². The van der Waals surface area contributed by atoms with E-state index in [4.69, 9.17) is 4.74 Å². The molecule has 0 bridgehead atoms. The quantitative estimate of drug-likeness (QED) is 0.501. The first kappa shape index (κ1) is 17.7. The van der Waals surface area contributed by atoms with Gasteiger partial charge in [0.2, 0.25) is 0 Å². The van der Waals surface area contributed by atoms with Gasteiger partial charge in [-0.1, -0.05) is 37.6 Å². The van der Waals surface area contributed by atoms with Crippen LogP contribution in [0.15, 0.2) is 30.3 Å². The number of rotatable bonds is 6. The minimum atomic E-state index is -0.747. The molecule has 0 saturated heterocycles. The van der Waals surface area contributed by atoms with Crippen molar-refractivity contribution in [1.82, 2.24) is 19.6 Å². The van der Waals surface area contributed by atoms with Gasteiger partial charge in [0.15, 0.2) is 12.4 Å². The highest BCUT2D eigenvalue weighted by molar-refractivity contribution is 5.98. The third-order valence-corrected chi connectivity index (χ3v) is 3.95. The third kappa shape index (κ3) is 3.77. The van der Waals surface area contributed by atoms with Crippen LogP contribution in [0, 0.1) is 13.8 Å². The molecule has 7 nitrogen and oxygen atoms in total. The van der Waals surface area contributed by atoms with Crippen LogP contribution in [0.25, 0.3) is 5.78 Å². The van der Waals surface area contributed by atoms with E-state index in [1.54, 1.807) is 12.1 Å². The highest BCUT2D eigenvalue weighted by Crippen LogP contribution is 2.09. The first-order valence-electron chi connectivity index (χ1n) is 8.48. The maximum absolute atomic E-state index is 12.2. The minimum Gasteiger partial charge on any atom is -0.451 e. The normalized spacial score (nSPS) is 10.9. The van der Waals surface area contributed by atoms with Crippen LogP contribution >= 0.6 is 0 Å². The Bertz CT molecular complexity index is 961. The lowest BCUT2D eigenvalue weighted by atomic mass is 10.1. The van der Waals surface area contributed by atoms with Crippen LogP contribution in [-0.2, 0) is 11.2 Å². The maximum atomic E-state index is 12.2. The second-order valence-electron chi connectivity index (χ2n) is 6.13. The van der Waals surface area contributed by atoms with E-state index in [9.17, 15) is 9.59 Å². The number of carbonyl (C=O) groups is 2. The van der Waals surface area contributed by atoms with Crippen LogP contribution < -0.4 is 0 Å². The molecule has 0 fully saturated rings. The number of nitrogens with zero attached hydrogens (tertiary/aromatic N) is 4. The van der Waals surface area contributed by atoms with Gasteiger partial charge in [-0.2, -0.15) is 4.98 Å². The summed E-state index contributed by atoms with van der Waals surface area (Å²) in [5.41, 5.74) is 3.27. The van der Waals surface area contributed by atoms with Crippen molar-refractivity contribution >= 4 is 17.5 Å². The minimum absolute atomic E-state index is 0.114.